The second-order valence-electron chi connectivity index (χ2n) is 3.98. The van der Waals surface area contributed by atoms with Crippen LogP contribution in [-0.4, -0.2) is 23.7 Å². The second kappa shape index (κ2) is 3.56. The van der Waals surface area contributed by atoms with Crippen LogP contribution in [-0.2, 0) is 11.2 Å². The van der Waals surface area contributed by atoms with Gasteiger partial charge in [-0.3, -0.25) is 0 Å². The molecule has 0 bridgehead atoms. The van der Waals surface area contributed by atoms with Crippen molar-refractivity contribution in [3.8, 4) is 0 Å². The van der Waals surface area contributed by atoms with Crippen LogP contribution in [0.15, 0.2) is 35.5 Å². The zero-order valence-corrected chi connectivity index (χ0v) is 8.81. The number of amidine groups is 1. The van der Waals surface area contributed by atoms with Gasteiger partial charge in [0.25, 0.3) is 6.02 Å². The minimum absolute atomic E-state index is 0.0826. The predicted molar refractivity (Wildman–Crippen MR) is 63.4 cm³/mol. The van der Waals surface area contributed by atoms with Crippen LogP contribution < -0.4 is 5.73 Å². The van der Waals surface area contributed by atoms with Gasteiger partial charge >= 0.3 is 0 Å². The fraction of sp³-hybridized carbons (Fsp3) is 0.250. The zero-order chi connectivity index (χ0) is 11.0. The van der Waals surface area contributed by atoms with Crippen molar-refractivity contribution in [3.63, 3.8) is 0 Å². The molecule has 0 saturated carbocycles. The summed E-state index contributed by atoms with van der Waals surface area (Å²) >= 11 is 0. The van der Waals surface area contributed by atoms with E-state index >= 15 is 0 Å². The fourth-order valence-electron chi connectivity index (χ4n) is 2.09. The Labute approximate surface area is 93.1 Å². The molecule has 2 aromatic rings. The molecule has 1 aliphatic rings. The third-order valence-corrected chi connectivity index (χ3v) is 2.86. The highest BCUT2D eigenvalue weighted by molar-refractivity contribution is 5.83. The van der Waals surface area contributed by atoms with Crippen molar-refractivity contribution in [1.82, 2.24) is 4.98 Å². The van der Waals surface area contributed by atoms with Crippen molar-refractivity contribution in [2.75, 3.05) is 6.54 Å². The van der Waals surface area contributed by atoms with E-state index in [9.17, 15) is 0 Å². The first-order valence-corrected chi connectivity index (χ1v) is 5.34. The number of aromatic amines is 1. The van der Waals surface area contributed by atoms with Crippen molar-refractivity contribution in [3.05, 3.63) is 36.0 Å². The Morgan fingerprint density at radius 2 is 2.31 bits per heavy atom. The van der Waals surface area contributed by atoms with Crippen LogP contribution in [0, 0.1) is 0 Å². The van der Waals surface area contributed by atoms with Crippen LogP contribution in [0.4, 0.5) is 0 Å². The monoisotopic (exact) mass is 215 g/mol. The largest absolute Gasteiger partial charge is 0.460 e. The van der Waals surface area contributed by atoms with Crippen LogP contribution in [0.1, 0.15) is 5.56 Å². The summed E-state index contributed by atoms with van der Waals surface area (Å²) in [5, 5.41) is 1.25. The van der Waals surface area contributed by atoms with Gasteiger partial charge in [0.05, 0.1) is 6.54 Å². The summed E-state index contributed by atoms with van der Waals surface area (Å²) < 4.78 is 5.40. The number of rotatable bonds is 2. The second-order valence-corrected chi connectivity index (χ2v) is 3.98. The lowest BCUT2D eigenvalue weighted by Gasteiger charge is -2.08. The number of aromatic nitrogens is 1. The van der Waals surface area contributed by atoms with Crippen molar-refractivity contribution < 1.29 is 4.74 Å². The highest BCUT2D eigenvalue weighted by Crippen LogP contribution is 2.20. The van der Waals surface area contributed by atoms with E-state index in [4.69, 9.17) is 10.5 Å². The number of nitrogens with two attached hydrogens (primary N) is 1. The molecule has 0 aliphatic carbocycles. The molecule has 0 saturated heterocycles. The summed E-state index contributed by atoms with van der Waals surface area (Å²) in [6.07, 6.45) is 2.95. The third kappa shape index (κ3) is 1.52. The van der Waals surface area contributed by atoms with Gasteiger partial charge in [0.1, 0.15) is 6.10 Å². The van der Waals surface area contributed by atoms with Crippen LogP contribution in [0.25, 0.3) is 10.9 Å². The standard InChI is InChI=1S/C12H13N3O/c13-12-15-7-9(16-12)5-8-6-14-11-4-2-1-3-10(8)11/h1-4,6,9,14H,5,7H2,(H2,13,15). The summed E-state index contributed by atoms with van der Waals surface area (Å²) in [7, 11) is 0. The Morgan fingerprint density at radius 1 is 1.44 bits per heavy atom. The number of hydrogen-bond acceptors (Lipinski definition) is 3. The number of ether oxygens (including phenoxy) is 1. The van der Waals surface area contributed by atoms with Crippen LogP contribution in [0.5, 0.6) is 0 Å². The molecule has 3 rings (SSSR count). The maximum atomic E-state index is 5.49. The highest BCUT2D eigenvalue weighted by atomic mass is 16.5. The quantitative estimate of drug-likeness (QED) is 0.795. The zero-order valence-electron chi connectivity index (χ0n) is 8.81. The Morgan fingerprint density at radius 3 is 3.12 bits per heavy atom. The van der Waals surface area contributed by atoms with E-state index in [1.807, 2.05) is 18.3 Å². The number of para-hydroxylation sites is 1. The average Bonchev–Trinajstić information content (AvgIpc) is 2.87. The van der Waals surface area contributed by atoms with E-state index in [2.05, 4.69) is 22.1 Å². The van der Waals surface area contributed by atoms with Crippen molar-refractivity contribution in [1.29, 1.82) is 0 Å². The molecule has 0 fully saturated rings. The molecule has 4 heteroatoms. The summed E-state index contributed by atoms with van der Waals surface area (Å²) in [6, 6.07) is 8.56. The molecule has 0 radical (unpaired) electrons. The summed E-state index contributed by atoms with van der Waals surface area (Å²) in [5.74, 6) is 0. The Kier molecular flexibility index (Phi) is 2.06. The van der Waals surface area contributed by atoms with Gasteiger partial charge in [0.2, 0.25) is 0 Å². The van der Waals surface area contributed by atoms with Gasteiger partial charge in [0.15, 0.2) is 0 Å². The molecular weight excluding hydrogens is 202 g/mol. The number of H-pyrrole nitrogens is 1. The lowest BCUT2D eigenvalue weighted by Crippen LogP contribution is -2.19. The molecule has 1 aromatic heterocycles. The van der Waals surface area contributed by atoms with Crippen molar-refractivity contribution >= 4 is 16.9 Å². The normalized spacial score (nSPS) is 19.8. The minimum atomic E-state index is 0.0826. The van der Waals surface area contributed by atoms with Gasteiger partial charge in [-0.25, -0.2) is 4.99 Å². The number of benzene rings is 1. The minimum Gasteiger partial charge on any atom is -0.460 e. The summed E-state index contributed by atoms with van der Waals surface area (Å²) in [6.45, 7) is 0.658. The fourth-order valence-corrected chi connectivity index (χ4v) is 2.09. The van der Waals surface area contributed by atoms with Crippen molar-refractivity contribution in [2.45, 2.75) is 12.5 Å². The topological polar surface area (TPSA) is 63.4 Å². The molecule has 3 N–H and O–H groups in total. The van der Waals surface area contributed by atoms with Crippen LogP contribution >= 0.6 is 0 Å². The summed E-state index contributed by atoms with van der Waals surface area (Å²) in [5.41, 5.74) is 7.90. The Hall–Kier alpha value is -1.97. The first-order valence-electron chi connectivity index (χ1n) is 5.34. The number of nitrogens with one attached hydrogen (secondary N) is 1. The van der Waals surface area contributed by atoms with E-state index in [-0.39, 0.29) is 6.10 Å². The number of nitrogens with zero attached hydrogens (tertiary/aromatic N) is 1. The highest BCUT2D eigenvalue weighted by Gasteiger charge is 2.19. The van der Waals surface area contributed by atoms with E-state index in [1.54, 1.807) is 0 Å². The molecular formula is C12H13N3O. The lowest BCUT2D eigenvalue weighted by atomic mass is 10.1. The molecule has 82 valence electrons. The van der Waals surface area contributed by atoms with Gasteiger partial charge < -0.3 is 15.5 Å². The first kappa shape index (κ1) is 9.27. The third-order valence-electron chi connectivity index (χ3n) is 2.86. The predicted octanol–water partition coefficient (Wildman–Crippen LogP) is 1.42. The maximum absolute atomic E-state index is 5.49. The smallest absolute Gasteiger partial charge is 0.282 e. The van der Waals surface area contributed by atoms with Crippen LogP contribution in [0.3, 0.4) is 0 Å². The molecule has 0 spiro atoms. The molecule has 1 aliphatic heterocycles. The number of aliphatic imine (C=N–C) groups is 1. The number of fused-ring (bicyclic) bond motifs is 1. The molecule has 0 amide bonds. The van der Waals surface area contributed by atoms with E-state index < -0.39 is 0 Å². The molecule has 1 unspecified atom stereocenters. The van der Waals surface area contributed by atoms with Crippen LogP contribution in [0.2, 0.25) is 0 Å². The first-order chi connectivity index (χ1) is 7.83. The van der Waals surface area contributed by atoms with Crippen molar-refractivity contribution in [2.24, 2.45) is 10.7 Å². The molecule has 16 heavy (non-hydrogen) atoms. The molecule has 1 atom stereocenters. The average molecular weight is 215 g/mol. The lowest BCUT2D eigenvalue weighted by molar-refractivity contribution is 0.222. The van der Waals surface area contributed by atoms with E-state index in [0.717, 1.165) is 11.9 Å². The SMILES string of the molecule is NC1=NCC(Cc2c[nH]c3ccccc23)O1. The maximum Gasteiger partial charge on any atom is 0.282 e. The van der Waals surface area contributed by atoms with Gasteiger partial charge in [-0.15, -0.1) is 0 Å². The molecule has 2 heterocycles. The van der Waals surface area contributed by atoms with Gasteiger partial charge in [-0.05, 0) is 11.6 Å². The van der Waals surface area contributed by atoms with E-state index in [0.29, 0.717) is 12.6 Å². The van der Waals surface area contributed by atoms with Gasteiger partial charge in [0, 0.05) is 23.5 Å². The molecule has 4 nitrogen and oxygen atoms in total. The van der Waals surface area contributed by atoms with Gasteiger partial charge in [-0.2, -0.15) is 0 Å². The summed E-state index contributed by atoms with van der Waals surface area (Å²) in [4.78, 5) is 7.29. The van der Waals surface area contributed by atoms with Gasteiger partial charge in [-0.1, -0.05) is 18.2 Å². The van der Waals surface area contributed by atoms with E-state index in [1.165, 1.54) is 10.9 Å². The Bertz CT molecular complexity index is 544. The number of hydrogen-bond donors (Lipinski definition) is 2. The Balaban J connectivity index is 1.85. The molecule has 1 aromatic carbocycles.